The van der Waals surface area contributed by atoms with Gasteiger partial charge in [0.1, 0.15) is 5.92 Å². The van der Waals surface area contributed by atoms with E-state index in [1.807, 2.05) is 0 Å². The monoisotopic (exact) mass is 354 g/mol. The molecule has 1 heterocycles. The van der Waals surface area contributed by atoms with Gasteiger partial charge in [0.2, 0.25) is 0 Å². The molecule has 0 amide bonds. The summed E-state index contributed by atoms with van der Waals surface area (Å²) in [5, 5.41) is 9.48. The van der Waals surface area contributed by atoms with Crippen molar-refractivity contribution in [1.29, 1.82) is 0 Å². The predicted molar refractivity (Wildman–Crippen MR) is 60.3 cm³/mol. The zero-order valence-electron chi connectivity index (χ0n) is 8.91. The van der Waals surface area contributed by atoms with Crippen LogP contribution in [-0.2, 0) is 4.74 Å². The number of aliphatic hydroxyl groups excluding tert-OH is 1. The van der Waals surface area contributed by atoms with E-state index in [0.29, 0.717) is 0 Å². The van der Waals surface area contributed by atoms with Gasteiger partial charge >= 0.3 is 6.18 Å². The van der Waals surface area contributed by atoms with Gasteiger partial charge in [0, 0.05) is 20.7 Å². The maximum Gasteiger partial charge on any atom is 0.395 e. The normalized spacial score (nSPS) is 33.2. The molecule has 0 radical (unpaired) electrons. The number of methoxy groups -OCH3 is 1. The Morgan fingerprint density at radius 2 is 2.19 bits per heavy atom. The van der Waals surface area contributed by atoms with E-state index in [2.05, 4.69) is 3.15 Å². The second kappa shape index (κ2) is 5.69. The van der Waals surface area contributed by atoms with Crippen LogP contribution < -0.4 is 0 Å². The summed E-state index contributed by atoms with van der Waals surface area (Å²) < 4.78 is 48.5. The Bertz CT molecular complexity index is 262. The van der Waals surface area contributed by atoms with E-state index >= 15 is 0 Å². The number of β-amino-alcohol motifs (C(OH)–C–C–N with tert-alkyl or cyclic N) is 1. The van der Waals surface area contributed by atoms with Gasteiger partial charge in [-0.25, -0.2) is 3.11 Å². The third-order valence-electron chi connectivity index (χ3n) is 2.44. The summed E-state index contributed by atoms with van der Waals surface area (Å²) in [4.78, 5) is 0. The summed E-state index contributed by atoms with van der Waals surface area (Å²) in [6.07, 6.45) is -5.77. The van der Waals surface area contributed by atoms with Crippen LogP contribution in [0.25, 0.3) is 0 Å². The zero-order valence-corrected chi connectivity index (χ0v) is 11.1. The van der Waals surface area contributed by atoms with Gasteiger partial charge in [-0.15, -0.1) is 0 Å². The lowest BCUT2D eigenvalue weighted by molar-refractivity contribution is -0.199. The molecule has 0 aliphatic carbocycles. The zero-order chi connectivity index (χ0) is 12.3. The van der Waals surface area contributed by atoms with Crippen molar-refractivity contribution in [3.63, 3.8) is 0 Å². The summed E-state index contributed by atoms with van der Waals surface area (Å²) in [5.74, 6) is -1.73. The molecule has 0 spiro atoms. The number of hydrogen-bond donors (Lipinski definition) is 1. The second-order valence-electron chi connectivity index (χ2n) is 3.48. The summed E-state index contributed by atoms with van der Waals surface area (Å²) in [6.45, 7) is -0.000694. The highest BCUT2D eigenvalue weighted by atomic mass is 127. The number of ether oxygens (including phenoxy) is 1. The molecule has 16 heavy (non-hydrogen) atoms. The highest BCUT2D eigenvalue weighted by molar-refractivity contribution is 14.1. The quantitative estimate of drug-likeness (QED) is 0.618. The second-order valence-corrected chi connectivity index (χ2v) is 6.12. The Labute approximate surface area is 102 Å². The Balaban J connectivity index is 2.89. The smallest absolute Gasteiger partial charge is 0.391 e. The molecule has 96 valence electrons. The van der Waals surface area contributed by atoms with Gasteiger partial charge < -0.3 is 9.84 Å². The largest absolute Gasteiger partial charge is 0.395 e. The number of halogens is 4. The Morgan fingerprint density at radius 1 is 1.56 bits per heavy atom. The van der Waals surface area contributed by atoms with Gasteiger partial charge in [0.25, 0.3) is 0 Å². The maximum atomic E-state index is 12.7. The lowest BCUT2D eigenvalue weighted by atomic mass is 9.98. The molecular weight excluding hydrogens is 340 g/mol. The minimum absolute atomic E-state index is 0.0306. The molecular formula is C8H14F3IN2O2. The van der Waals surface area contributed by atoms with Crippen LogP contribution in [0.1, 0.15) is 0 Å². The van der Waals surface area contributed by atoms with Crippen molar-refractivity contribution in [3.05, 3.63) is 0 Å². The van der Waals surface area contributed by atoms with Crippen molar-refractivity contribution >= 4 is 21.3 Å². The van der Waals surface area contributed by atoms with Gasteiger partial charge in [-0.1, -0.05) is 0 Å². The Hall–Kier alpha value is 0.200. The van der Waals surface area contributed by atoms with Gasteiger partial charge in [0.15, 0.2) is 0 Å². The number of hydrogen-bond acceptors (Lipinski definition) is 3. The van der Waals surface area contributed by atoms with Crippen LogP contribution in [0.2, 0.25) is 0 Å². The molecule has 1 fully saturated rings. The van der Waals surface area contributed by atoms with E-state index in [1.54, 1.807) is 10.2 Å². The fraction of sp³-hybridized carbons (Fsp3) is 1.00. The molecule has 0 aromatic heterocycles. The van der Waals surface area contributed by atoms with Crippen molar-refractivity contribution in [1.82, 2.24) is 3.11 Å². The van der Waals surface area contributed by atoms with E-state index in [9.17, 15) is 18.3 Å². The maximum absolute atomic E-state index is 12.7. The first-order valence-corrected chi connectivity index (χ1v) is 6.58. The highest BCUT2D eigenvalue weighted by Gasteiger charge is 2.55. The fourth-order valence-corrected chi connectivity index (χ4v) is 3.80. The van der Waals surface area contributed by atoms with E-state index < -0.39 is 45.5 Å². The van der Waals surface area contributed by atoms with Crippen molar-refractivity contribution in [3.8, 4) is 0 Å². The van der Waals surface area contributed by atoms with Crippen molar-refractivity contribution in [2.45, 2.75) is 18.3 Å². The highest BCUT2D eigenvalue weighted by Crippen LogP contribution is 2.41. The molecule has 0 aromatic carbocycles. The molecule has 1 saturated heterocycles. The Morgan fingerprint density at radius 3 is 2.62 bits per heavy atom. The molecule has 1 rings (SSSR count). The average molecular weight is 354 g/mol. The van der Waals surface area contributed by atoms with Gasteiger partial charge in [-0.2, -0.15) is 13.2 Å². The van der Waals surface area contributed by atoms with Crippen LogP contribution in [0.5, 0.6) is 0 Å². The topological polar surface area (TPSA) is 45.1 Å². The first-order chi connectivity index (χ1) is 7.41. The van der Waals surface area contributed by atoms with Crippen LogP contribution in [-0.4, -0.2) is 53.9 Å². The average Bonchev–Trinajstić information content (AvgIpc) is 2.43. The summed E-state index contributed by atoms with van der Waals surface area (Å²) in [7, 11) is 2.93. The molecule has 8 heteroatoms. The number of aliphatic hydroxyl groups is 1. The van der Waals surface area contributed by atoms with Crippen LogP contribution in [0.3, 0.4) is 0 Å². The third-order valence-corrected chi connectivity index (χ3v) is 4.53. The molecule has 4 nitrogen and oxygen atoms in total. The first kappa shape index (κ1) is 14.3. The molecule has 3 unspecified atom stereocenters. The number of alkyl halides is 3. The molecule has 1 aliphatic heterocycles. The van der Waals surface area contributed by atoms with Crippen LogP contribution in [0, 0.1) is 5.92 Å². The molecule has 1 aliphatic rings. The molecule has 3 atom stereocenters. The fourth-order valence-electron chi connectivity index (χ4n) is 1.83. The van der Waals surface area contributed by atoms with E-state index in [4.69, 9.17) is 4.74 Å². The number of rotatable bonds is 3. The van der Waals surface area contributed by atoms with E-state index in [1.165, 1.54) is 7.11 Å². The minimum atomic E-state index is -4.39. The van der Waals surface area contributed by atoms with Gasteiger partial charge in [-0.05, 0) is 0 Å². The minimum Gasteiger partial charge on any atom is -0.391 e. The van der Waals surface area contributed by atoms with Crippen molar-refractivity contribution in [2.75, 3.05) is 27.3 Å². The summed E-state index contributed by atoms with van der Waals surface area (Å²) >= 11 is -0.813. The SMILES string of the molecule is CN=IN1CC(O)C(C(F)(F)F)C1COC. The molecule has 0 saturated carbocycles. The standard InChI is InChI=1S/C8H14F3IN2O2/c1-13-12-14-3-6(15)7(8(9,10)11)5(14)4-16-2/h5-7,15H,3-4H2,1-2H3. The first-order valence-electron chi connectivity index (χ1n) is 4.65. The van der Waals surface area contributed by atoms with E-state index in [-0.39, 0.29) is 13.2 Å². The van der Waals surface area contributed by atoms with Crippen molar-refractivity contribution in [2.24, 2.45) is 9.06 Å². The Kier molecular flexibility index (Phi) is 5.08. The number of nitrogens with zero attached hydrogens (tertiary/aromatic N) is 2. The molecule has 0 bridgehead atoms. The van der Waals surface area contributed by atoms with Crippen molar-refractivity contribution < 1.29 is 23.0 Å². The lowest BCUT2D eigenvalue weighted by Gasteiger charge is -2.25. The lowest BCUT2D eigenvalue weighted by Crippen LogP contribution is -2.41. The summed E-state index contributed by atoms with van der Waals surface area (Å²) in [5.41, 5.74) is 0. The molecule has 0 aromatic rings. The molecule has 1 N–H and O–H groups in total. The van der Waals surface area contributed by atoms with E-state index in [0.717, 1.165) is 0 Å². The summed E-state index contributed by atoms with van der Waals surface area (Å²) in [6, 6.07) is -0.809. The van der Waals surface area contributed by atoms with Gasteiger partial charge in [-0.3, -0.25) is 3.15 Å². The van der Waals surface area contributed by atoms with Crippen LogP contribution in [0.4, 0.5) is 13.2 Å². The van der Waals surface area contributed by atoms with Gasteiger partial charge in [0.05, 0.1) is 40.1 Å². The van der Waals surface area contributed by atoms with Crippen LogP contribution in [0.15, 0.2) is 3.15 Å². The predicted octanol–water partition coefficient (Wildman–Crippen LogP) is 1.56. The van der Waals surface area contributed by atoms with Crippen LogP contribution >= 0.6 is 21.3 Å². The third kappa shape index (κ3) is 3.11.